The summed E-state index contributed by atoms with van der Waals surface area (Å²) in [5.41, 5.74) is 0.544. The summed E-state index contributed by atoms with van der Waals surface area (Å²) in [6, 6.07) is 1.99. The molecular formula is C16H23NO4S. The molecule has 2 atom stereocenters. The van der Waals surface area contributed by atoms with Crippen molar-refractivity contribution in [3.8, 4) is 0 Å². The average Bonchev–Trinajstić information content (AvgIpc) is 2.82. The number of aryl methyl sites for hydroxylation is 1. The molecule has 0 aromatic carbocycles. The second-order valence-corrected chi connectivity index (χ2v) is 7.68. The number of ether oxygens (including phenoxy) is 1. The first kappa shape index (κ1) is 16.8. The summed E-state index contributed by atoms with van der Waals surface area (Å²) >= 11 is 1.56. The Morgan fingerprint density at radius 3 is 2.59 bits per heavy atom. The van der Waals surface area contributed by atoms with E-state index in [1.54, 1.807) is 16.2 Å². The maximum atomic E-state index is 12.3. The first-order chi connectivity index (χ1) is 10.2. The lowest BCUT2D eigenvalue weighted by molar-refractivity contribution is -0.144. The van der Waals surface area contributed by atoms with E-state index in [0.29, 0.717) is 19.5 Å². The van der Waals surface area contributed by atoms with Gasteiger partial charge in [-0.2, -0.15) is 0 Å². The summed E-state index contributed by atoms with van der Waals surface area (Å²) in [7, 11) is 0. The van der Waals surface area contributed by atoms with E-state index in [0.717, 1.165) is 10.4 Å². The number of hydrogen-bond donors (Lipinski definition) is 1. The lowest BCUT2D eigenvalue weighted by Crippen LogP contribution is -2.46. The predicted molar refractivity (Wildman–Crippen MR) is 85.3 cm³/mol. The van der Waals surface area contributed by atoms with Crippen molar-refractivity contribution in [3.05, 3.63) is 21.9 Å². The van der Waals surface area contributed by atoms with Gasteiger partial charge in [-0.25, -0.2) is 4.79 Å². The van der Waals surface area contributed by atoms with Gasteiger partial charge in [-0.1, -0.05) is 0 Å². The van der Waals surface area contributed by atoms with Crippen molar-refractivity contribution >= 4 is 23.4 Å². The molecule has 0 aliphatic carbocycles. The SMILES string of the molecule is Cc1ccsc1C1CN(C(=O)OC(C)(C)C)CCC1C(=O)O. The molecular weight excluding hydrogens is 302 g/mol. The van der Waals surface area contributed by atoms with Crippen LogP contribution in [0.15, 0.2) is 11.4 Å². The van der Waals surface area contributed by atoms with Crippen molar-refractivity contribution in [2.75, 3.05) is 13.1 Å². The number of likely N-dealkylation sites (tertiary alicyclic amines) is 1. The molecule has 1 aliphatic rings. The minimum Gasteiger partial charge on any atom is -0.481 e. The van der Waals surface area contributed by atoms with Crippen molar-refractivity contribution in [3.63, 3.8) is 0 Å². The standard InChI is InChI=1S/C16H23NO4S/c1-10-6-8-22-13(10)12-9-17(7-5-11(12)14(18)19)15(20)21-16(2,3)4/h6,8,11-12H,5,7,9H2,1-4H3,(H,18,19). The van der Waals surface area contributed by atoms with E-state index in [1.807, 2.05) is 39.1 Å². The first-order valence-electron chi connectivity index (χ1n) is 7.44. The van der Waals surface area contributed by atoms with Gasteiger partial charge in [-0.15, -0.1) is 11.3 Å². The minimum atomic E-state index is -0.790. The number of hydrogen-bond acceptors (Lipinski definition) is 4. The van der Waals surface area contributed by atoms with Gasteiger partial charge in [-0.3, -0.25) is 4.79 Å². The second-order valence-electron chi connectivity index (χ2n) is 6.73. The molecule has 1 saturated heterocycles. The maximum absolute atomic E-state index is 12.3. The number of rotatable bonds is 2. The van der Waals surface area contributed by atoms with Gasteiger partial charge in [0.2, 0.25) is 0 Å². The molecule has 5 nitrogen and oxygen atoms in total. The lowest BCUT2D eigenvalue weighted by Gasteiger charge is -2.37. The van der Waals surface area contributed by atoms with Gasteiger partial charge in [0.25, 0.3) is 0 Å². The molecule has 22 heavy (non-hydrogen) atoms. The highest BCUT2D eigenvalue weighted by Crippen LogP contribution is 2.37. The summed E-state index contributed by atoms with van der Waals surface area (Å²) in [6.45, 7) is 8.29. The van der Waals surface area contributed by atoms with Crippen LogP contribution < -0.4 is 0 Å². The summed E-state index contributed by atoms with van der Waals surface area (Å²) in [4.78, 5) is 26.5. The zero-order chi connectivity index (χ0) is 16.5. The van der Waals surface area contributed by atoms with E-state index in [1.165, 1.54) is 0 Å². The highest BCUT2D eigenvalue weighted by Gasteiger charge is 2.39. The van der Waals surface area contributed by atoms with Gasteiger partial charge in [-0.05, 0) is 51.1 Å². The predicted octanol–water partition coefficient (Wildman–Crippen LogP) is 3.48. The Labute approximate surface area is 134 Å². The molecule has 2 unspecified atom stereocenters. The third kappa shape index (κ3) is 3.80. The van der Waals surface area contributed by atoms with Crippen LogP contribution in [0.3, 0.4) is 0 Å². The van der Waals surface area contributed by atoms with E-state index < -0.39 is 17.5 Å². The molecule has 2 heterocycles. The Balaban J connectivity index is 2.19. The molecule has 0 saturated carbocycles. The van der Waals surface area contributed by atoms with Crippen LogP contribution >= 0.6 is 11.3 Å². The maximum Gasteiger partial charge on any atom is 0.410 e. The topological polar surface area (TPSA) is 66.8 Å². The summed E-state index contributed by atoms with van der Waals surface area (Å²) in [5, 5.41) is 11.4. The first-order valence-corrected chi connectivity index (χ1v) is 8.31. The Morgan fingerprint density at radius 1 is 1.41 bits per heavy atom. The van der Waals surface area contributed by atoms with Crippen LogP contribution in [-0.4, -0.2) is 40.8 Å². The molecule has 0 radical (unpaired) electrons. The van der Waals surface area contributed by atoms with Gasteiger partial charge in [0, 0.05) is 23.9 Å². The molecule has 1 amide bonds. The molecule has 1 N–H and O–H groups in total. The summed E-state index contributed by atoms with van der Waals surface area (Å²) < 4.78 is 5.41. The van der Waals surface area contributed by atoms with E-state index in [2.05, 4.69) is 0 Å². The van der Waals surface area contributed by atoms with Crippen LogP contribution in [0.2, 0.25) is 0 Å². The van der Waals surface area contributed by atoms with E-state index >= 15 is 0 Å². The van der Waals surface area contributed by atoms with Crippen molar-refractivity contribution in [2.24, 2.45) is 5.92 Å². The Hall–Kier alpha value is -1.56. The summed E-state index contributed by atoms with van der Waals surface area (Å²) in [6.07, 6.45) is 0.0897. The molecule has 0 bridgehead atoms. The van der Waals surface area contributed by atoms with Gasteiger partial charge in [0.15, 0.2) is 0 Å². The minimum absolute atomic E-state index is 0.168. The summed E-state index contributed by atoms with van der Waals surface area (Å²) in [5.74, 6) is -1.41. The molecule has 1 fully saturated rings. The number of aliphatic carboxylic acids is 1. The quantitative estimate of drug-likeness (QED) is 0.904. The van der Waals surface area contributed by atoms with Crippen LogP contribution in [0.25, 0.3) is 0 Å². The smallest absolute Gasteiger partial charge is 0.410 e. The Kier molecular flexibility index (Phi) is 4.80. The van der Waals surface area contributed by atoms with Crippen molar-refractivity contribution in [1.82, 2.24) is 4.90 Å². The second kappa shape index (κ2) is 6.28. The third-order valence-corrected chi connectivity index (χ3v) is 4.97. The monoisotopic (exact) mass is 325 g/mol. The molecule has 1 aromatic heterocycles. The molecule has 1 aromatic rings. The average molecular weight is 325 g/mol. The van der Waals surface area contributed by atoms with E-state index in [4.69, 9.17) is 4.74 Å². The molecule has 6 heteroatoms. The number of carbonyl (C=O) groups is 2. The number of thiophene rings is 1. The van der Waals surface area contributed by atoms with Crippen molar-refractivity contribution in [2.45, 2.75) is 45.6 Å². The van der Waals surface area contributed by atoms with Gasteiger partial charge in [0.1, 0.15) is 5.60 Å². The highest BCUT2D eigenvalue weighted by molar-refractivity contribution is 7.10. The number of piperidine rings is 1. The molecule has 1 aliphatic heterocycles. The van der Waals surface area contributed by atoms with Gasteiger partial charge < -0.3 is 14.7 Å². The fourth-order valence-corrected chi connectivity index (χ4v) is 3.86. The van der Waals surface area contributed by atoms with E-state index in [-0.39, 0.29) is 12.0 Å². The van der Waals surface area contributed by atoms with Crippen molar-refractivity contribution < 1.29 is 19.4 Å². The lowest BCUT2D eigenvalue weighted by atomic mass is 9.83. The number of carboxylic acids is 1. The van der Waals surface area contributed by atoms with E-state index in [9.17, 15) is 14.7 Å². The number of carboxylic acid groups (broad SMARTS) is 1. The van der Waals surface area contributed by atoms with Crippen LogP contribution in [0.1, 0.15) is 43.6 Å². The molecule has 2 rings (SSSR count). The molecule has 122 valence electrons. The van der Waals surface area contributed by atoms with Crippen LogP contribution in [-0.2, 0) is 9.53 Å². The Bertz CT molecular complexity index is 561. The normalized spacial score (nSPS) is 22.5. The van der Waals surface area contributed by atoms with Gasteiger partial charge >= 0.3 is 12.1 Å². The third-order valence-electron chi connectivity index (χ3n) is 3.82. The zero-order valence-corrected chi connectivity index (χ0v) is 14.3. The fourth-order valence-electron chi connectivity index (χ4n) is 2.77. The van der Waals surface area contributed by atoms with Gasteiger partial charge in [0.05, 0.1) is 5.92 Å². The fraction of sp³-hybridized carbons (Fsp3) is 0.625. The largest absolute Gasteiger partial charge is 0.481 e. The Morgan fingerprint density at radius 2 is 2.09 bits per heavy atom. The number of amides is 1. The number of carbonyl (C=O) groups excluding carboxylic acids is 1. The zero-order valence-electron chi connectivity index (χ0n) is 13.5. The molecule has 0 spiro atoms. The van der Waals surface area contributed by atoms with Crippen LogP contribution in [0.5, 0.6) is 0 Å². The van der Waals surface area contributed by atoms with Crippen molar-refractivity contribution in [1.29, 1.82) is 0 Å². The number of nitrogens with zero attached hydrogens (tertiary/aromatic N) is 1. The van der Waals surface area contributed by atoms with Crippen LogP contribution in [0, 0.1) is 12.8 Å². The highest BCUT2D eigenvalue weighted by atomic mass is 32.1. The van der Waals surface area contributed by atoms with Crippen LogP contribution in [0.4, 0.5) is 4.79 Å².